The molecular formula is C20H24N2OS. The molecule has 0 N–H and O–H groups in total. The van der Waals surface area contributed by atoms with E-state index in [4.69, 9.17) is 0 Å². The molecule has 0 atom stereocenters. The van der Waals surface area contributed by atoms with E-state index >= 15 is 0 Å². The van der Waals surface area contributed by atoms with E-state index < -0.39 is 0 Å². The van der Waals surface area contributed by atoms with Crippen LogP contribution in [-0.4, -0.2) is 37.5 Å². The number of amides is 1. The van der Waals surface area contributed by atoms with E-state index in [9.17, 15) is 4.79 Å². The van der Waals surface area contributed by atoms with E-state index in [1.54, 1.807) is 16.7 Å². The van der Waals surface area contributed by atoms with Crippen LogP contribution in [0.25, 0.3) is 0 Å². The lowest BCUT2D eigenvalue weighted by atomic mass is 10.1. The molecule has 2 aromatic carbocycles. The van der Waals surface area contributed by atoms with Crippen LogP contribution in [0, 0.1) is 0 Å². The highest BCUT2D eigenvalue weighted by Crippen LogP contribution is 2.28. The molecule has 1 saturated heterocycles. The SMILES string of the molecule is CN(C(=O)CN1CCCCC1)c1ccc(Sc2ccccc2)cc1. The second-order valence-corrected chi connectivity index (χ2v) is 7.35. The molecule has 0 saturated carbocycles. The second kappa shape index (κ2) is 8.36. The lowest BCUT2D eigenvalue weighted by molar-refractivity contribution is -0.119. The molecule has 2 aromatic rings. The fourth-order valence-corrected chi connectivity index (χ4v) is 3.76. The van der Waals surface area contributed by atoms with Gasteiger partial charge in [-0.3, -0.25) is 9.69 Å². The van der Waals surface area contributed by atoms with Gasteiger partial charge in [-0.25, -0.2) is 0 Å². The van der Waals surface area contributed by atoms with E-state index in [1.165, 1.54) is 29.1 Å². The maximum absolute atomic E-state index is 12.5. The summed E-state index contributed by atoms with van der Waals surface area (Å²) in [6.07, 6.45) is 3.71. The minimum atomic E-state index is 0.167. The average molecular weight is 340 g/mol. The zero-order valence-corrected chi connectivity index (χ0v) is 15.0. The molecule has 0 aliphatic carbocycles. The van der Waals surface area contributed by atoms with Crippen molar-refractivity contribution in [1.82, 2.24) is 4.90 Å². The molecule has 0 aromatic heterocycles. The first-order valence-corrected chi connectivity index (χ1v) is 9.36. The molecule has 126 valence electrons. The highest BCUT2D eigenvalue weighted by Gasteiger charge is 2.17. The monoisotopic (exact) mass is 340 g/mol. The third-order valence-electron chi connectivity index (χ3n) is 4.38. The maximum atomic E-state index is 12.5. The molecule has 1 aliphatic rings. The van der Waals surface area contributed by atoms with Gasteiger partial charge in [0.2, 0.25) is 5.91 Å². The van der Waals surface area contributed by atoms with Crippen LogP contribution in [0.5, 0.6) is 0 Å². The van der Waals surface area contributed by atoms with Crippen molar-refractivity contribution in [3.8, 4) is 0 Å². The van der Waals surface area contributed by atoms with Crippen molar-refractivity contribution in [3.05, 3.63) is 54.6 Å². The zero-order chi connectivity index (χ0) is 16.8. The summed E-state index contributed by atoms with van der Waals surface area (Å²) in [5, 5.41) is 0. The predicted octanol–water partition coefficient (Wildman–Crippen LogP) is 4.29. The maximum Gasteiger partial charge on any atom is 0.240 e. The van der Waals surface area contributed by atoms with Gasteiger partial charge >= 0.3 is 0 Å². The number of hydrogen-bond acceptors (Lipinski definition) is 3. The van der Waals surface area contributed by atoms with E-state index in [2.05, 4.69) is 29.2 Å². The van der Waals surface area contributed by atoms with Gasteiger partial charge in [-0.15, -0.1) is 0 Å². The summed E-state index contributed by atoms with van der Waals surface area (Å²) < 4.78 is 0. The van der Waals surface area contributed by atoms with Gasteiger partial charge in [-0.1, -0.05) is 36.4 Å². The number of carbonyl (C=O) groups excluding carboxylic acids is 1. The largest absolute Gasteiger partial charge is 0.314 e. The Morgan fingerprint density at radius 1 is 0.958 bits per heavy atom. The Morgan fingerprint density at radius 3 is 2.25 bits per heavy atom. The van der Waals surface area contributed by atoms with Gasteiger partial charge in [0.25, 0.3) is 0 Å². The van der Waals surface area contributed by atoms with Crippen LogP contribution in [0.15, 0.2) is 64.4 Å². The summed E-state index contributed by atoms with van der Waals surface area (Å²) in [7, 11) is 1.87. The molecular weight excluding hydrogens is 316 g/mol. The Bertz CT molecular complexity index is 651. The Morgan fingerprint density at radius 2 is 1.58 bits per heavy atom. The summed E-state index contributed by atoms with van der Waals surface area (Å²) in [5.41, 5.74) is 0.953. The van der Waals surface area contributed by atoms with Crippen molar-refractivity contribution < 1.29 is 4.79 Å². The fourth-order valence-electron chi connectivity index (χ4n) is 2.92. The third-order valence-corrected chi connectivity index (χ3v) is 5.40. The summed E-state index contributed by atoms with van der Waals surface area (Å²) in [4.78, 5) is 18.9. The Kier molecular flexibility index (Phi) is 5.94. The smallest absolute Gasteiger partial charge is 0.240 e. The Hall–Kier alpha value is -1.78. The van der Waals surface area contributed by atoms with Crippen LogP contribution >= 0.6 is 11.8 Å². The van der Waals surface area contributed by atoms with E-state index in [1.807, 2.05) is 37.4 Å². The minimum Gasteiger partial charge on any atom is -0.314 e. The molecule has 3 rings (SSSR count). The molecule has 1 amide bonds. The number of likely N-dealkylation sites (tertiary alicyclic amines) is 1. The first-order valence-electron chi connectivity index (χ1n) is 8.54. The fraction of sp³-hybridized carbons (Fsp3) is 0.350. The molecule has 0 spiro atoms. The first kappa shape index (κ1) is 17.1. The van der Waals surface area contributed by atoms with Crippen molar-refractivity contribution >= 4 is 23.4 Å². The van der Waals surface area contributed by atoms with Crippen molar-refractivity contribution in [2.24, 2.45) is 0 Å². The van der Waals surface area contributed by atoms with Crippen molar-refractivity contribution in [3.63, 3.8) is 0 Å². The lowest BCUT2D eigenvalue weighted by Crippen LogP contribution is -2.40. The van der Waals surface area contributed by atoms with Crippen LogP contribution in [0.3, 0.4) is 0 Å². The van der Waals surface area contributed by atoms with Gasteiger partial charge in [-0.2, -0.15) is 0 Å². The van der Waals surface area contributed by atoms with Crippen molar-refractivity contribution in [2.45, 2.75) is 29.1 Å². The van der Waals surface area contributed by atoms with E-state index in [-0.39, 0.29) is 5.91 Å². The Balaban J connectivity index is 1.58. The number of nitrogens with zero attached hydrogens (tertiary/aromatic N) is 2. The van der Waals surface area contributed by atoms with Gasteiger partial charge in [-0.05, 0) is 62.3 Å². The van der Waals surface area contributed by atoms with Crippen LogP contribution in [0.1, 0.15) is 19.3 Å². The highest BCUT2D eigenvalue weighted by molar-refractivity contribution is 7.99. The number of carbonyl (C=O) groups is 1. The number of hydrogen-bond donors (Lipinski definition) is 0. The van der Waals surface area contributed by atoms with Gasteiger partial charge in [0.1, 0.15) is 0 Å². The van der Waals surface area contributed by atoms with Crippen LogP contribution < -0.4 is 4.90 Å². The first-order chi connectivity index (χ1) is 11.7. The number of anilines is 1. The molecule has 4 heteroatoms. The molecule has 3 nitrogen and oxygen atoms in total. The summed E-state index contributed by atoms with van der Waals surface area (Å²) in [6.45, 7) is 2.62. The normalized spacial score (nSPS) is 15.2. The highest BCUT2D eigenvalue weighted by atomic mass is 32.2. The van der Waals surface area contributed by atoms with Gasteiger partial charge in [0, 0.05) is 22.5 Å². The van der Waals surface area contributed by atoms with Gasteiger partial charge in [0.05, 0.1) is 6.54 Å². The molecule has 0 radical (unpaired) electrons. The van der Waals surface area contributed by atoms with Crippen molar-refractivity contribution in [1.29, 1.82) is 0 Å². The summed E-state index contributed by atoms with van der Waals surface area (Å²) in [5.74, 6) is 0.167. The molecule has 0 bridgehead atoms. The summed E-state index contributed by atoms with van der Waals surface area (Å²) in [6, 6.07) is 18.5. The zero-order valence-electron chi connectivity index (χ0n) is 14.1. The number of benzene rings is 2. The lowest BCUT2D eigenvalue weighted by Gasteiger charge is -2.28. The van der Waals surface area contributed by atoms with Crippen LogP contribution in [0.4, 0.5) is 5.69 Å². The quantitative estimate of drug-likeness (QED) is 0.811. The van der Waals surface area contributed by atoms with Crippen LogP contribution in [-0.2, 0) is 4.79 Å². The average Bonchev–Trinajstić information content (AvgIpc) is 2.63. The standard InChI is InChI=1S/C20H24N2OS/c1-21(20(23)16-22-14-6-3-7-15-22)17-10-12-19(13-11-17)24-18-8-4-2-5-9-18/h2,4-5,8-13H,3,6-7,14-16H2,1H3. The third kappa shape index (κ3) is 4.62. The molecule has 24 heavy (non-hydrogen) atoms. The van der Waals surface area contributed by atoms with Gasteiger partial charge in [0.15, 0.2) is 0 Å². The van der Waals surface area contributed by atoms with Crippen LogP contribution in [0.2, 0.25) is 0 Å². The molecule has 1 fully saturated rings. The second-order valence-electron chi connectivity index (χ2n) is 6.20. The molecule has 1 heterocycles. The minimum absolute atomic E-state index is 0.167. The number of rotatable bonds is 5. The van der Waals surface area contributed by atoms with Gasteiger partial charge < -0.3 is 4.90 Å². The summed E-state index contributed by atoms with van der Waals surface area (Å²) >= 11 is 1.73. The topological polar surface area (TPSA) is 23.6 Å². The molecule has 1 aliphatic heterocycles. The Labute approximate surface area is 148 Å². The van der Waals surface area contributed by atoms with E-state index in [0.717, 1.165) is 18.8 Å². The van der Waals surface area contributed by atoms with E-state index in [0.29, 0.717) is 6.54 Å². The molecule has 0 unspecified atom stereocenters. The van der Waals surface area contributed by atoms with Crippen molar-refractivity contribution in [2.75, 3.05) is 31.6 Å². The number of likely N-dealkylation sites (N-methyl/N-ethyl adjacent to an activating group) is 1. The number of piperidine rings is 1. The predicted molar refractivity (Wildman–Crippen MR) is 101 cm³/mol.